The van der Waals surface area contributed by atoms with Gasteiger partial charge in [0.15, 0.2) is 5.78 Å². The van der Waals surface area contributed by atoms with E-state index < -0.39 is 5.97 Å². The molecule has 4 rings (SSSR count). The summed E-state index contributed by atoms with van der Waals surface area (Å²) in [5, 5.41) is 4.34. The summed E-state index contributed by atoms with van der Waals surface area (Å²) in [7, 11) is 1.35. The van der Waals surface area contributed by atoms with E-state index >= 15 is 0 Å². The summed E-state index contributed by atoms with van der Waals surface area (Å²) < 4.78 is 6.96. The van der Waals surface area contributed by atoms with Crippen molar-refractivity contribution in [2.45, 2.75) is 71.8 Å². The number of fused-ring (bicyclic) bond motifs is 1. The summed E-state index contributed by atoms with van der Waals surface area (Å²) in [5.41, 5.74) is 3.12. The van der Waals surface area contributed by atoms with Crippen molar-refractivity contribution >= 4 is 23.6 Å². The number of hydrogen-bond donors (Lipinski definition) is 1. The highest BCUT2D eigenvalue weighted by molar-refractivity contribution is 5.96. The molecule has 1 fully saturated rings. The zero-order valence-electron chi connectivity index (χ0n) is 20.6. The molecule has 34 heavy (non-hydrogen) atoms. The lowest BCUT2D eigenvalue weighted by Gasteiger charge is -2.18. The van der Waals surface area contributed by atoms with Crippen LogP contribution in [0.25, 0.3) is 6.08 Å². The van der Waals surface area contributed by atoms with Gasteiger partial charge in [-0.05, 0) is 56.4 Å². The molecule has 0 saturated heterocycles. The maximum atomic E-state index is 13.4. The molecule has 2 aliphatic rings. The van der Waals surface area contributed by atoms with Crippen LogP contribution in [0.4, 0.5) is 5.82 Å². The van der Waals surface area contributed by atoms with Crippen molar-refractivity contribution < 1.29 is 14.3 Å². The number of carbonyl (C=O) groups is 2. The van der Waals surface area contributed by atoms with Crippen LogP contribution in [0, 0.1) is 5.92 Å². The molecule has 2 aromatic heterocycles. The summed E-state index contributed by atoms with van der Waals surface area (Å²) >= 11 is 0. The number of ether oxygens (including phenoxy) is 1. The number of nitrogens with zero attached hydrogens (tertiary/aromatic N) is 3. The standard InChI is InChI=1S/C27H34N4O3/c1-5-8-17(2)24(32)22-15-19-12-11-18(3)25(30-26(19)31(22)21-9-6-7-10-21)29-23-14-13-20(16-28-23)27(33)34-4/h12-17,21H,5-11H2,1-4H3,(H,28,29). The molecule has 7 heteroatoms. The minimum atomic E-state index is -0.420. The summed E-state index contributed by atoms with van der Waals surface area (Å²) in [6.07, 6.45) is 10.8. The Morgan fingerprint density at radius 2 is 2.03 bits per heavy atom. The fraction of sp³-hybridized carbons (Fsp3) is 0.481. The van der Waals surface area contributed by atoms with Gasteiger partial charge in [-0.25, -0.2) is 14.8 Å². The third-order valence-corrected chi connectivity index (χ3v) is 6.83. The van der Waals surface area contributed by atoms with Crippen molar-refractivity contribution in [1.82, 2.24) is 9.55 Å². The summed E-state index contributed by atoms with van der Waals surface area (Å²) in [4.78, 5) is 34.5. The van der Waals surface area contributed by atoms with Crippen molar-refractivity contribution in [3.63, 3.8) is 0 Å². The monoisotopic (exact) mass is 462 g/mol. The zero-order chi connectivity index (χ0) is 24.2. The number of esters is 1. The lowest BCUT2D eigenvalue weighted by molar-refractivity contribution is 0.0600. The van der Waals surface area contributed by atoms with Gasteiger partial charge in [0.25, 0.3) is 0 Å². The second-order valence-corrected chi connectivity index (χ2v) is 9.37. The minimum absolute atomic E-state index is 0.00362. The second-order valence-electron chi connectivity index (χ2n) is 9.37. The predicted molar refractivity (Wildman–Crippen MR) is 132 cm³/mol. The van der Waals surface area contributed by atoms with Gasteiger partial charge < -0.3 is 14.6 Å². The fourth-order valence-corrected chi connectivity index (χ4v) is 4.87. The molecule has 2 aromatic rings. The van der Waals surface area contributed by atoms with Crippen LogP contribution in [0.2, 0.25) is 0 Å². The van der Waals surface area contributed by atoms with Crippen LogP contribution in [0.1, 0.15) is 92.6 Å². The van der Waals surface area contributed by atoms with Gasteiger partial charge in [-0.15, -0.1) is 0 Å². The van der Waals surface area contributed by atoms with Crippen LogP contribution >= 0.6 is 0 Å². The van der Waals surface area contributed by atoms with Gasteiger partial charge in [-0.1, -0.05) is 39.2 Å². The third-order valence-electron chi connectivity index (χ3n) is 6.83. The molecule has 7 nitrogen and oxygen atoms in total. The number of nitrogens with one attached hydrogen (secondary N) is 1. The molecule has 0 amide bonds. The number of rotatable bonds is 8. The Kier molecular flexibility index (Phi) is 7.29. The number of anilines is 1. The largest absolute Gasteiger partial charge is 0.465 e. The molecular formula is C27H34N4O3. The van der Waals surface area contributed by atoms with Gasteiger partial charge in [-0.3, -0.25) is 4.79 Å². The molecule has 0 aromatic carbocycles. The van der Waals surface area contributed by atoms with E-state index in [1.54, 1.807) is 12.1 Å². The van der Waals surface area contributed by atoms with E-state index in [0.717, 1.165) is 59.9 Å². The Hall–Kier alpha value is -3.22. The second kappa shape index (κ2) is 10.4. The maximum absolute atomic E-state index is 13.4. The molecule has 180 valence electrons. The third kappa shape index (κ3) is 4.83. The molecule has 1 aliphatic carbocycles. The molecule has 0 bridgehead atoms. The van der Waals surface area contributed by atoms with E-state index in [1.807, 2.05) is 19.9 Å². The number of hydrogen-bond acceptors (Lipinski definition) is 6. The van der Waals surface area contributed by atoms with Gasteiger partial charge in [0.05, 0.1) is 18.4 Å². The normalized spacial score (nSPS) is 16.8. The van der Waals surface area contributed by atoms with Crippen LogP contribution in [-0.4, -0.2) is 28.4 Å². The van der Waals surface area contributed by atoms with E-state index in [1.165, 1.54) is 26.1 Å². The lowest BCUT2D eigenvalue weighted by Crippen LogP contribution is -2.33. The first-order chi connectivity index (χ1) is 16.4. The van der Waals surface area contributed by atoms with Crippen molar-refractivity contribution in [1.29, 1.82) is 0 Å². The van der Waals surface area contributed by atoms with Crippen LogP contribution in [0.3, 0.4) is 0 Å². The number of Topliss-reactive ketones (excluding diaryl/α,β-unsaturated/α-hetero) is 1. The summed E-state index contributed by atoms with van der Waals surface area (Å²) in [5.74, 6) is 1.11. The van der Waals surface area contributed by atoms with Gasteiger partial charge in [0, 0.05) is 23.4 Å². The van der Waals surface area contributed by atoms with Crippen molar-refractivity contribution in [3.05, 3.63) is 57.8 Å². The van der Waals surface area contributed by atoms with Crippen LogP contribution in [0.5, 0.6) is 0 Å². The minimum Gasteiger partial charge on any atom is -0.465 e. The van der Waals surface area contributed by atoms with E-state index in [4.69, 9.17) is 9.73 Å². The number of carbonyl (C=O) groups excluding carboxylic acids is 2. The Labute approximate surface area is 200 Å². The molecule has 3 heterocycles. The first-order valence-electron chi connectivity index (χ1n) is 12.3. The van der Waals surface area contributed by atoms with Crippen molar-refractivity contribution in [2.75, 3.05) is 12.4 Å². The van der Waals surface area contributed by atoms with Crippen molar-refractivity contribution in [2.24, 2.45) is 10.9 Å². The zero-order valence-corrected chi connectivity index (χ0v) is 20.6. The van der Waals surface area contributed by atoms with Gasteiger partial charge in [0.2, 0.25) is 0 Å². The highest BCUT2D eigenvalue weighted by Gasteiger charge is 2.27. The van der Waals surface area contributed by atoms with Crippen LogP contribution < -0.4 is 16.0 Å². The van der Waals surface area contributed by atoms with E-state index in [9.17, 15) is 9.59 Å². The van der Waals surface area contributed by atoms with Gasteiger partial charge in [-0.2, -0.15) is 0 Å². The van der Waals surface area contributed by atoms with Crippen LogP contribution in [-0.2, 0) is 4.74 Å². The maximum Gasteiger partial charge on any atom is 0.339 e. The van der Waals surface area contributed by atoms with Gasteiger partial charge >= 0.3 is 5.97 Å². The number of methoxy groups -OCH3 is 1. The van der Waals surface area contributed by atoms with Crippen molar-refractivity contribution in [3.8, 4) is 0 Å². The average Bonchev–Trinajstić information content (AvgIpc) is 3.46. The molecule has 1 saturated carbocycles. The first-order valence-corrected chi connectivity index (χ1v) is 12.3. The predicted octanol–water partition coefficient (Wildman–Crippen LogP) is 4.55. The molecular weight excluding hydrogens is 428 g/mol. The lowest BCUT2D eigenvalue weighted by atomic mass is 9.98. The number of ketones is 1. The number of pyridine rings is 1. The fourth-order valence-electron chi connectivity index (χ4n) is 4.87. The van der Waals surface area contributed by atoms with E-state index in [2.05, 4.69) is 27.9 Å². The summed E-state index contributed by atoms with van der Waals surface area (Å²) in [6.45, 7) is 6.20. The molecule has 1 atom stereocenters. The molecule has 1 unspecified atom stereocenters. The van der Waals surface area contributed by atoms with E-state index in [0.29, 0.717) is 17.4 Å². The first kappa shape index (κ1) is 23.9. The Morgan fingerprint density at radius 1 is 1.26 bits per heavy atom. The molecule has 1 N–H and O–H groups in total. The Morgan fingerprint density at radius 3 is 2.68 bits per heavy atom. The molecule has 0 radical (unpaired) electrons. The summed E-state index contributed by atoms with van der Waals surface area (Å²) in [6, 6.07) is 5.77. The molecule has 0 spiro atoms. The average molecular weight is 463 g/mol. The number of allylic oxidation sites excluding steroid dienone is 1. The highest BCUT2D eigenvalue weighted by Crippen LogP contribution is 2.30. The SMILES string of the molecule is CCCC(C)C(=O)c1cc2c(n1C1CCCC1)=NC(Nc1ccc(C(=O)OC)cn1)=C(C)CC=2. The highest BCUT2D eigenvalue weighted by atomic mass is 16.5. The van der Waals surface area contributed by atoms with Gasteiger partial charge in [0.1, 0.15) is 17.1 Å². The molecule has 1 aliphatic heterocycles. The smallest absolute Gasteiger partial charge is 0.339 e. The quantitative estimate of drug-likeness (QED) is 0.459. The number of aromatic nitrogens is 2. The topological polar surface area (TPSA) is 85.6 Å². The Bertz CT molecular complexity index is 1220. The van der Waals surface area contributed by atoms with E-state index in [-0.39, 0.29) is 11.7 Å². The Balaban J connectivity index is 1.75. The van der Waals surface area contributed by atoms with Crippen LogP contribution in [0.15, 0.2) is 40.8 Å².